The van der Waals surface area contributed by atoms with E-state index in [-0.39, 0.29) is 6.10 Å². The first-order valence-corrected chi connectivity index (χ1v) is 6.75. The van der Waals surface area contributed by atoms with Gasteiger partial charge in [0.2, 0.25) is 0 Å². The molecule has 1 fully saturated rings. The molecular formula is C16H18N2O2. The molecule has 0 atom stereocenters. The highest BCUT2D eigenvalue weighted by Gasteiger charge is 2.28. The zero-order valence-corrected chi connectivity index (χ0v) is 11.5. The van der Waals surface area contributed by atoms with Gasteiger partial charge in [-0.2, -0.15) is 0 Å². The van der Waals surface area contributed by atoms with E-state index < -0.39 is 0 Å². The summed E-state index contributed by atoms with van der Waals surface area (Å²) in [6.07, 6.45) is 3.99. The highest BCUT2D eigenvalue weighted by molar-refractivity contribution is 5.31. The molecule has 0 spiro atoms. The maximum absolute atomic E-state index is 5.90. The van der Waals surface area contributed by atoms with Crippen molar-refractivity contribution >= 4 is 0 Å². The molecule has 1 saturated heterocycles. The molecule has 0 aliphatic carbocycles. The number of aromatic nitrogens is 1. The maximum Gasteiger partial charge on any atom is 0.124 e. The number of methoxy groups -OCH3 is 1. The molecular weight excluding hydrogens is 252 g/mol. The van der Waals surface area contributed by atoms with Crippen LogP contribution < -0.4 is 9.47 Å². The van der Waals surface area contributed by atoms with Gasteiger partial charge in [0.1, 0.15) is 17.6 Å². The minimum absolute atomic E-state index is 0.278. The van der Waals surface area contributed by atoms with Crippen LogP contribution in [0.25, 0.3) is 0 Å². The van der Waals surface area contributed by atoms with Gasteiger partial charge in [0, 0.05) is 32.0 Å². The standard InChI is InChI=1S/C16H18N2O2/c1-19-14-4-6-15(7-5-14)20-16-11-18(12-16)10-13-3-2-8-17-9-13/h2-9,16H,10-12H2,1H3. The summed E-state index contributed by atoms with van der Waals surface area (Å²) in [6.45, 7) is 2.86. The molecule has 2 heterocycles. The SMILES string of the molecule is COc1ccc(OC2CN(Cc3cccnc3)C2)cc1. The quantitative estimate of drug-likeness (QED) is 0.835. The van der Waals surface area contributed by atoms with Crippen molar-refractivity contribution < 1.29 is 9.47 Å². The molecule has 0 amide bonds. The summed E-state index contributed by atoms with van der Waals surface area (Å²) in [5, 5.41) is 0. The fourth-order valence-electron chi connectivity index (χ4n) is 2.32. The third-order valence-corrected chi connectivity index (χ3v) is 3.41. The van der Waals surface area contributed by atoms with Gasteiger partial charge >= 0.3 is 0 Å². The molecule has 4 nitrogen and oxygen atoms in total. The van der Waals surface area contributed by atoms with Crippen LogP contribution in [-0.2, 0) is 6.54 Å². The van der Waals surface area contributed by atoms with Crippen LogP contribution >= 0.6 is 0 Å². The minimum atomic E-state index is 0.278. The predicted molar refractivity (Wildman–Crippen MR) is 76.9 cm³/mol. The van der Waals surface area contributed by atoms with E-state index in [9.17, 15) is 0 Å². The van der Waals surface area contributed by atoms with E-state index in [2.05, 4.69) is 16.0 Å². The summed E-state index contributed by atoms with van der Waals surface area (Å²) in [5.41, 5.74) is 1.25. The second-order valence-corrected chi connectivity index (χ2v) is 4.97. The number of benzene rings is 1. The molecule has 104 valence electrons. The Hall–Kier alpha value is -2.07. The first-order chi connectivity index (χ1) is 9.83. The lowest BCUT2D eigenvalue weighted by atomic mass is 10.1. The maximum atomic E-state index is 5.90. The van der Waals surface area contributed by atoms with Gasteiger partial charge in [-0.05, 0) is 35.9 Å². The molecule has 1 aliphatic heterocycles. The number of hydrogen-bond donors (Lipinski definition) is 0. The number of hydrogen-bond acceptors (Lipinski definition) is 4. The van der Waals surface area contributed by atoms with Crippen LogP contribution in [0.3, 0.4) is 0 Å². The second kappa shape index (κ2) is 5.92. The van der Waals surface area contributed by atoms with Crippen molar-refractivity contribution in [3.8, 4) is 11.5 Å². The van der Waals surface area contributed by atoms with Gasteiger partial charge in [-0.1, -0.05) is 6.07 Å². The van der Waals surface area contributed by atoms with Crippen molar-refractivity contribution in [1.82, 2.24) is 9.88 Å². The number of nitrogens with zero attached hydrogens (tertiary/aromatic N) is 2. The van der Waals surface area contributed by atoms with E-state index in [1.54, 1.807) is 13.3 Å². The first-order valence-electron chi connectivity index (χ1n) is 6.75. The zero-order chi connectivity index (χ0) is 13.8. The third-order valence-electron chi connectivity index (χ3n) is 3.41. The summed E-state index contributed by atoms with van der Waals surface area (Å²) in [7, 11) is 1.66. The van der Waals surface area contributed by atoms with Gasteiger partial charge in [0.05, 0.1) is 7.11 Å². The molecule has 0 N–H and O–H groups in total. The van der Waals surface area contributed by atoms with E-state index in [0.29, 0.717) is 0 Å². The fourth-order valence-corrected chi connectivity index (χ4v) is 2.32. The van der Waals surface area contributed by atoms with E-state index in [1.807, 2.05) is 36.5 Å². The first kappa shape index (κ1) is 12.9. The summed E-state index contributed by atoms with van der Waals surface area (Å²) in [4.78, 5) is 6.48. The summed E-state index contributed by atoms with van der Waals surface area (Å²) in [5.74, 6) is 1.75. The van der Waals surface area contributed by atoms with E-state index in [0.717, 1.165) is 31.1 Å². The Bertz CT molecular complexity index is 536. The smallest absolute Gasteiger partial charge is 0.124 e. The Labute approximate surface area is 119 Å². The Morgan fingerprint density at radius 1 is 1.15 bits per heavy atom. The van der Waals surface area contributed by atoms with Gasteiger partial charge in [0.15, 0.2) is 0 Å². The molecule has 0 saturated carbocycles. The van der Waals surface area contributed by atoms with Crippen LogP contribution in [0.1, 0.15) is 5.56 Å². The van der Waals surface area contributed by atoms with Crippen LogP contribution in [0, 0.1) is 0 Å². The molecule has 0 unspecified atom stereocenters. The Balaban J connectivity index is 1.46. The molecule has 1 aromatic heterocycles. The predicted octanol–water partition coefficient (Wildman–Crippen LogP) is 2.35. The fraction of sp³-hybridized carbons (Fsp3) is 0.312. The van der Waals surface area contributed by atoms with Crippen LogP contribution in [0.5, 0.6) is 11.5 Å². The molecule has 1 aromatic carbocycles. The van der Waals surface area contributed by atoms with Crippen molar-refractivity contribution in [2.75, 3.05) is 20.2 Å². The normalized spacial score (nSPS) is 15.7. The van der Waals surface area contributed by atoms with Crippen LogP contribution in [-0.4, -0.2) is 36.2 Å². The Morgan fingerprint density at radius 2 is 1.90 bits per heavy atom. The van der Waals surface area contributed by atoms with Gasteiger partial charge in [-0.3, -0.25) is 9.88 Å². The van der Waals surface area contributed by atoms with Crippen LogP contribution in [0.4, 0.5) is 0 Å². The van der Waals surface area contributed by atoms with E-state index in [4.69, 9.17) is 9.47 Å². The molecule has 3 rings (SSSR count). The molecule has 0 radical (unpaired) electrons. The lowest BCUT2D eigenvalue weighted by molar-refractivity contribution is 0.0145. The highest BCUT2D eigenvalue weighted by atomic mass is 16.5. The number of pyridine rings is 1. The molecule has 1 aliphatic rings. The van der Waals surface area contributed by atoms with Crippen LogP contribution in [0.15, 0.2) is 48.8 Å². The molecule has 2 aromatic rings. The van der Waals surface area contributed by atoms with Crippen molar-refractivity contribution in [1.29, 1.82) is 0 Å². The molecule has 0 bridgehead atoms. The number of rotatable bonds is 5. The van der Waals surface area contributed by atoms with Crippen molar-refractivity contribution in [3.63, 3.8) is 0 Å². The summed E-state index contributed by atoms with van der Waals surface area (Å²) >= 11 is 0. The summed E-state index contributed by atoms with van der Waals surface area (Å²) < 4.78 is 11.0. The van der Waals surface area contributed by atoms with E-state index in [1.165, 1.54) is 5.56 Å². The lowest BCUT2D eigenvalue weighted by Crippen LogP contribution is -2.53. The topological polar surface area (TPSA) is 34.6 Å². The molecule has 20 heavy (non-hydrogen) atoms. The van der Waals surface area contributed by atoms with Crippen molar-refractivity contribution in [2.45, 2.75) is 12.6 Å². The lowest BCUT2D eigenvalue weighted by Gasteiger charge is -2.38. The Kier molecular flexibility index (Phi) is 3.83. The second-order valence-electron chi connectivity index (χ2n) is 4.97. The largest absolute Gasteiger partial charge is 0.497 e. The summed E-state index contributed by atoms with van der Waals surface area (Å²) in [6, 6.07) is 11.8. The van der Waals surface area contributed by atoms with Gasteiger partial charge in [0.25, 0.3) is 0 Å². The Morgan fingerprint density at radius 3 is 2.55 bits per heavy atom. The van der Waals surface area contributed by atoms with Crippen molar-refractivity contribution in [2.24, 2.45) is 0 Å². The van der Waals surface area contributed by atoms with Crippen molar-refractivity contribution in [3.05, 3.63) is 54.4 Å². The number of ether oxygens (including phenoxy) is 2. The number of likely N-dealkylation sites (tertiary alicyclic amines) is 1. The third kappa shape index (κ3) is 3.08. The van der Waals surface area contributed by atoms with Gasteiger partial charge in [-0.15, -0.1) is 0 Å². The van der Waals surface area contributed by atoms with Crippen LogP contribution in [0.2, 0.25) is 0 Å². The monoisotopic (exact) mass is 270 g/mol. The minimum Gasteiger partial charge on any atom is -0.497 e. The average Bonchev–Trinajstić information content (AvgIpc) is 2.47. The average molecular weight is 270 g/mol. The van der Waals surface area contributed by atoms with Gasteiger partial charge < -0.3 is 9.47 Å². The zero-order valence-electron chi connectivity index (χ0n) is 11.5. The van der Waals surface area contributed by atoms with Gasteiger partial charge in [-0.25, -0.2) is 0 Å². The highest BCUT2D eigenvalue weighted by Crippen LogP contribution is 2.22. The van der Waals surface area contributed by atoms with E-state index >= 15 is 0 Å². The molecule has 4 heteroatoms.